The number of fused-ring (bicyclic) bond motifs is 1. The van der Waals surface area contributed by atoms with Gasteiger partial charge < -0.3 is 10.5 Å². The Morgan fingerprint density at radius 2 is 2.00 bits per heavy atom. The molecule has 1 saturated heterocycles. The number of rotatable bonds is 7. The molecule has 2 fully saturated rings. The van der Waals surface area contributed by atoms with Gasteiger partial charge in [0.15, 0.2) is 5.78 Å². The van der Waals surface area contributed by atoms with Gasteiger partial charge in [-0.05, 0) is 93.7 Å². The van der Waals surface area contributed by atoms with Crippen molar-refractivity contribution in [1.82, 2.24) is 9.88 Å². The van der Waals surface area contributed by atoms with Gasteiger partial charge >= 0.3 is 0 Å². The Kier molecular flexibility index (Phi) is 5.20. The molecule has 2 heterocycles. The van der Waals surface area contributed by atoms with Gasteiger partial charge in [0.1, 0.15) is 12.4 Å². The Hall–Kier alpha value is -3.25. The van der Waals surface area contributed by atoms with Crippen molar-refractivity contribution in [1.29, 1.82) is 0 Å². The monoisotopic (exact) mass is 443 g/mol. The SMILES string of the molecule is CC(=O)c1cc(C2(c3cc(OCC4CCN4C)cc(C(N)=O)c3C)CC2)c2cccnc2c1. The van der Waals surface area contributed by atoms with E-state index < -0.39 is 5.91 Å². The highest BCUT2D eigenvalue weighted by molar-refractivity contribution is 6.00. The highest BCUT2D eigenvalue weighted by atomic mass is 16.5. The van der Waals surface area contributed by atoms with Crippen LogP contribution in [0.3, 0.4) is 0 Å². The fourth-order valence-corrected chi connectivity index (χ4v) is 5.09. The van der Waals surface area contributed by atoms with E-state index in [1.54, 1.807) is 19.2 Å². The van der Waals surface area contributed by atoms with Crippen LogP contribution in [0.2, 0.25) is 0 Å². The van der Waals surface area contributed by atoms with Crippen molar-refractivity contribution in [3.05, 3.63) is 70.4 Å². The van der Waals surface area contributed by atoms with Crippen LogP contribution in [-0.4, -0.2) is 47.8 Å². The number of ketones is 1. The van der Waals surface area contributed by atoms with Crippen molar-refractivity contribution in [2.75, 3.05) is 20.2 Å². The summed E-state index contributed by atoms with van der Waals surface area (Å²) in [5, 5.41) is 1.03. The number of nitrogens with two attached hydrogens (primary N) is 1. The number of primary amides is 1. The van der Waals surface area contributed by atoms with Gasteiger partial charge in [-0.25, -0.2) is 0 Å². The summed E-state index contributed by atoms with van der Waals surface area (Å²) in [5.74, 6) is 0.219. The van der Waals surface area contributed by atoms with E-state index in [2.05, 4.69) is 29.1 Å². The van der Waals surface area contributed by atoms with E-state index in [1.165, 1.54) is 0 Å². The predicted molar refractivity (Wildman–Crippen MR) is 128 cm³/mol. The highest BCUT2D eigenvalue weighted by Gasteiger charge is 2.48. The van der Waals surface area contributed by atoms with Gasteiger partial charge in [0.25, 0.3) is 0 Å². The Morgan fingerprint density at radius 1 is 1.21 bits per heavy atom. The Morgan fingerprint density at radius 3 is 2.61 bits per heavy atom. The first-order chi connectivity index (χ1) is 15.8. The van der Waals surface area contributed by atoms with Crippen LogP contribution in [0.25, 0.3) is 10.9 Å². The fourth-order valence-electron chi connectivity index (χ4n) is 5.09. The van der Waals surface area contributed by atoms with Crippen molar-refractivity contribution in [2.45, 2.75) is 44.6 Å². The molecule has 1 unspecified atom stereocenters. The molecule has 5 rings (SSSR count). The van der Waals surface area contributed by atoms with E-state index in [4.69, 9.17) is 10.5 Å². The summed E-state index contributed by atoms with van der Waals surface area (Å²) < 4.78 is 6.16. The van der Waals surface area contributed by atoms with E-state index in [0.717, 1.165) is 53.4 Å². The van der Waals surface area contributed by atoms with Crippen molar-refractivity contribution in [2.24, 2.45) is 5.73 Å². The lowest BCUT2D eigenvalue weighted by atomic mass is 9.81. The summed E-state index contributed by atoms with van der Waals surface area (Å²) in [6.07, 6.45) is 4.70. The van der Waals surface area contributed by atoms with Crippen molar-refractivity contribution in [3.63, 3.8) is 0 Å². The number of likely N-dealkylation sites (N-methyl/N-ethyl adjacent to an activating group) is 1. The number of likely N-dealkylation sites (tertiary alicyclic amines) is 1. The minimum Gasteiger partial charge on any atom is -0.492 e. The average molecular weight is 444 g/mol. The van der Waals surface area contributed by atoms with Gasteiger partial charge in [-0.15, -0.1) is 0 Å². The van der Waals surface area contributed by atoms with Crippen LogP contribution in [0.1, 0.15) is 63.6 Å². The van der Waals surface area contributed by atoms with E-state index in [-0.39, 0.29) is 11.2 Å². The number of carbonyl (C=O) groups excluding carboxylic acids is 2. The molecule has 1 saturated carbocycles. The van der Waals surface area contributed by atoms with Gasteiger partial charge in [-0.1, -0.05) is 6.07 Å². The molecule has 6 nitrogen and oxygen atoms in total. The molecule has 2 aliphatic rings. The molecule has 1 aromatic heterocycles. The zero-order valence-corrected chi connectivity index (χ0v) is 19.4. The number of ether oxygens (including phenoxy) is 1. The smallest absolute Gasteiger partial charge is 0.249 e. The first kappa shape index (κ1) is 21.6. The fraction of sp³-hybridized carbons (Fsp3) is 0.370. The third-order valence-corrected chi connectivity index (χ3v) is 7.44. The minimum atomic E-state index is -0.459. The molecule has 6 heteroatoms. The van der Waals surface area contributed by atoms with Crippen molar-refractivity contribution in [3.8, 4) is 5.75 Å². The summed E-state index contributed by atoms with van der Waals surface area (Å²) in [4.78, 5) is 31.4. The Balaban J connectivity index is 1.64. The molecule has 1 aliphatic heterocycles. The van der Waals surface area contributed by atoms with Gasteiger partial charge in [0.05, 0.1) is 5.52 Å². The van der Waals surface area contributed by atoms with E-state index >= 15 is 0 Å². The van der Waals surface area contributed by atoms with Gasteiger partial charge in [0, 0.05) is 34.2 Å². The summed E-state index contributed by atoms with van der Waals surface area (Å²) in [7, 11) is 2.09. The Bertz CT molecular complexity index is 1280. The van der Waals surface area contributed by atoms with E-state index in [9.17, 15) is 9.59 Å². The largest absolute Gasteiger partial charge is 0.492 e. The number of carbonyl (C=O) groups is 2. The van der Waals surface area contributed by atoms with Gasteiger partial charge in [-0.2, -0.15) is 0 Å². The van der Waals surface area contributed by atoms with Crippen LogP contribution in [0, 0.1) is 6.92 Å². The summed E-state index contributed by atoms with van der Waals surface area (Å²) >= 11 is 0. The molecule has 33 heavy (non-hydrogen) atoms. The molecule has 1 amide bonds. The second-order valence-corrected chi connectivity index (χ2v) is 9.47. The van der Waals surface area contributed by atoms with Crippen molar-refractivity contribution >= 4 is 22.6 Å². The van der Waals surface area contributed by atoms with Crippen LogP contribution in [0.4, 0.5) is 0 Å². The maximum atomic E-state index is 12.3. The summed E-state index contributed by atoms with van der Waals surface area (Å²) in [6, 6.07) is 12.1. The molecule has 3 aromatic rings. The third-order valence-electron chi connectivity index (χ3n) is 7.44. The van der Waals surface area contributed by atoms with E-state index in [1.807, 2.05) is 25.1 Å². The lowest BCUT2D eigenvalue weighted by Crippen LogP contribution is -2.48. The second kappa shape index (κ2) is 7.96. The van der Waals surface area contributed by atoms with Crippen LogP contribution < -0.4 is 10.5 Å². The highest BCUT2D eigenvalue weighted by Crippen LogP contribution is 2.57. The second-order valence-electron chi connectivity index (χ2n) is 9.47. The molecule has 2 aromatic carbocycles. The maximum Gasteiger partial charge on any atom is 0.249 e. The number of Topliss-reactive ketones (excluding diaryl/α,β-unsaturated/α-hetero) is 1. The minimum absolute atomic E-state index is 0.0100. The average Bonchev–Trinajstić information content (AvgIpc) is 3.59. The first-order valence-corrected chi connectivity index (χ1v) is 11.5. The zero-order chi connectivity index (χ0) is 23.3. The van der Waals surface area contributed by atoms with Crippen LogP contribution in [0.5, 0.6) is 5.75 Å². The standard InChI is InChI=1S/C27H29N3O3/c1-16-22(26(28)32)13-20(33-15-19-6-10-30(19)3)14-23(16)27(7-8-27)24-11-18(17(2)31)12-25-21(24)5-4-9-29-25/h4-5,9,11-14,19H,6-8,10,15H2,1-3H3,(H2,28,32). The zero-order valence-electron chi connectivity index (χ0n) is 19.4. The van der Waals surface area contributed by atoms with Crippen LogP contribution in [-0.2, 0) is 5.41 Å². The molecule has 2 N–H and O–H groups in total. The van der Waals surface area contributed by atoms with Crippen LogP contribution >= 0.6 is 0 Å². The summed E-state index contributed by atoms with van der Waals surface area (Å²) in [5.41, 5.74) is 10.4. The van der Waals surface area contributed by atoms with Gasteiger partial charge in [0.2, 0.25) is 5.91 Å². The third kappa shape index (κ3) is 3.68. The molecular formula is C27H29N3O3. The molecule has 0 bridgehead atoms. The molecule has 1 atom stereocenters. The maximum absolute atomic E-state index is 12.3. The molecule has 0 spiro atoms. The quantitative estimate of drug-likeness (QED) is 0.558. The van der Waals surface area contributed by atoms with Gasteiger partial charge in [-0.3, -0.25) is 19.5 Å². The molecular weight excluding hydrogens is 414 g/mol. The first-order valence-electron chi connectivity index (χ1n) is 11.5. The lowest BCUT2D eigenvalue weighted by Gasteiger charge is -2.37. The molecule has 0 radical (unpaired) electrons. The van der Waals surface area contributed by atoms with E-state index in [0.29, 0.717) is 29.5 Å². The number of aromatic nitrogens is 1. The Labute approximate surface area is 193 Å². The molecule has 170 valence electrons. The predicted octanol–water partition coefficient (Wildman–Crippen LogP) is 4.01. The molecule has 1 aliphatic carbocycles. The normalized spacial score (nSPS) is 19.2. The number of benzene rings is 2. The topological polar surface area (TPSA) is 85.5 Å². The number of pyridine rings is 1. The number of nitrogens with zero attached hydrogens (tertiary/aromatic N) is 2. The number of hydrogen-bond acceptors (Lipinski definition) is 5. The van der Waals surface area contributed by atoms with Crippen molar-refractivity contribution < 1.29 is 14.3 Å². The van der Waals surface area contributed by atoms with Crippen LogP contribution in [0.15, 0.2) is 42.6 Å². The number of amides is 1. The summed E-state index contributed by atoms with van der Waals surface area (Å²) in [6.45, 7) is 5.19. The lowest BCUT2D eigenvalue weighted by molar-refractivity contribution is 0.0767. The number of hydrogen-bond donors (Lipinski definition) is 1.